The number of amides is 2. The Bertz CT molecular complexity index is 835. The van der Waals surface area contributed by atoms with Crippen molar-refractivity contribution >= 4 is 23.4 Å². The molecule has 2 aromatic carbocycles. The van der Waals surface area contributed by atoms with Crippen LogP contribution in [0.4, 0.5) is 0 Å². The molecule has 28 heavy (non-hydrogen) atoms. The van der Waals surface area contributed by atoms with Crippen LogP contribution < -0.4 is 5.32 Å². The van der Waals surface area contributed by atoms with Crippen molar-refractivity contribution in [2.75, 3.05) is 6.54 Å². The minimum Gasteiger partial charge on any atom is -0.354 e. The fraction of sp³-hybridized carbons (Fsp3) is 0.391. The van der Waals surface area contributed by atoms with E-state index >= 15 is 0 Å². The molecule has 0 unspecified atom stereocenters. The van der Waals surface area contributed by atoms with Crippen molar-refractivity contribution in [1.29, 1.82) is 0 Å². The summed E-state index contributed by atoms with van der Waals surface area (Å²) in [6.07, 6.45) is 1.10. The van der Waals surface area contributed by atoms with Crippen LogP contribution in [0.3, 0.4) is 0 Å². The molecule has 2 rings (SSSR count). The Morgan fingerprint density at radius 2 is 1.82 bits per heavy atom. The molecule has 4 nitrogen and oxygen atoms in total. The molecule has 0 saturated carbocycles. The maximum Gasteiger partial charge on any atom is 0.242 e. The molecular weight excluding hydrogens is 372 g/mol. The van der Waals surface area contributed by atoms with Gasteiger partial charge in [-0.2, -0.15) is 0 Å². The molecule has 2 amide bonds. The molecular formula is C23H29ClN2O2. The first-order valence-corrected chi connectivity index (χ1v) is 10.1. The SMILES string of the molecule is CCCNC(=O)[C@H](C)N(Cc1ccccc1Cl)C(=O)Cc1cc(C)ccc1C. The molecule has 2 aromatic rings. The second kappa shape index (κ2) is 10.3. The standard InChI is InChI=1S/C23H29ClN2O2/c1-5-12-25-23(28)18(4)26(15-19-8-6-7-9-21(19)24)22(27)14-20-13-16(2)10-11-17(20)3/h6-11,13,18H,5,12,14-15H2,1-4H3,(H,25,28)/t18-/m0/s1. The highest BCUT2D eigenvalue weighted by atomic mass is 35.5. The van der Waals surface area contributed by atoms with Gasteiger partial charge in [0.1, 0.15) is 6.04 Å². The number of hydrogen-bond donors (Lipinski definition) is 1. The monoisotopic (exact) mass is 400 g/mol. The topological polar surface area (TPSA) is 49.4 Å². The largest absolute Gasteiger partial charge is 0.354 e. The van der Waals surface area contributed by atoms with Gasteiger partial charge in [-0.05, 0) is 49.9 Å². The summed E-state index contributed by atoms with van der Waals surface area (Å²) in [6, 6.07) is 12.9. The second-order valence-corrected chi connectivity index (χ2v) is 7.59. The molecule has 0 saturated heterocycles. The third-order valence-corrected chi connectivity index (χ3v) is 5.23. The third kappa shape index (κ3) is 5.83. The van der Waals surface area contributed by atoms with Gasteiger partial charge >= 0.3 is 0 Å². The Labute approximate surface area is 172 Å². The summed E-state index contributed by atoms with van der Waals surface area (Å²) < 4.78 is 0. The highest BCUT2D eigenvalue weighted by Gasteiger charge is 2.26. The maximum absolute atomic E-state index is 13.2. The van der Waals surface area contributed by atoms with E-state index in [0.29, 0.717) is 18.1 Å². The van der Waals surface area contributed by atoms with E-state index < -0.39 is 6.04 Å². The zero-order chi connectivity index (χ0) is 20.7. The number of carbonyl (C=O) groups is 2. The second-order valence-electron chi connectivity index (χ2n) is 7.19. The van der Waals surface area contributed by atoms with Gasteiger partial charge in [0.2, 0.25) is 11.8 Å². The summed E-state index contributed by atoms with van der Waals surface area (Å²) in [7, 11) is 0. The number of nitrogens with one attached hydrogen (secondary N) is 1. The number of halogens is 1. The van der Waals surface area contributed by atoms with Gasteiger partial charge in [-0.25, -0.2) is 0 Å². The van der Waals surface area contributed by atoms with Gasteiger partial charge in [-0.15, -0.1) is 0 Å². The average Bonchev–Trinajstić information content (AvgIpc) is 2.67. The quantitative estimate of drug-likeness (QED) is 0.711. The van der Waals surface area contributed by atoms with E-state index in [1.807, 2.05) is 57.2 Å². The van der Waals surface area contributed by atoms with Crippen LogP contribution in [0.1, 0.15) is 42.5 Å². The minimum atomic E-state index is -0.583. The first-order valence-electron chi connectivity index (χ1n) is 9.70. The smallest absolute Gasteiger partial charge is 0.242 e. The summed E-state index contributed by atoms with van der Waals surface area (Å²) in [5.41, 5.74) is 3.99. The summed E-state index contributed by atoms with van der Waals surface area (Å²) in [6.45, 7) is 8.66. The van der Waals surface area contributed by atoms with Crippen molar-refractivity contribution in [3.63, 3.8) is 0 Å². The van der Waals surface area contributed by atoms with Crippen LogP contribution in [0.15, 0.2) is 42.5 Å². The Hall–Kier alpha value is -2.33. The normalized spacial score (nSPS) is 11.8. The molecule has 0 radical (unpaired) electrons. The van der Waals surface area contributed by atoms with Crippen molar-refractivity contribution in [3.05, 3.63) is 69.7 Å². The molecule has 1 N–H and O–H groups in total. The minimum absolute atomic E-state index is 0.0900. The Morgan fingerprint density at radius 3 is 2.50 bits per heavy atom. The van der Waals surface area contributed by atoms with Crippen molar-refractivity contribution in [2.24, 2.45) is 0 Å². The van der Waals surface area contributed by atoms with Gasteiger partial charge in [-0.1, -0.05) is 60.5 Å². The lowest BCUT2D eigenvalue weighted by molar-refractivity contribution is -0.140. The summed E-state index contributed by atoms with van der Waals surface area (Å²) >= 11 is 6.31. The van der Waals surface area contributed by atoms with E-state index in [-0.39, 0.29) is 18.2 Å². The van der Waals surface area contributed by atoms with E-state index in [0.717, 1.165) is 28.7 Å². The lowest BCUT2D eigenvalue weighted by Crippen LogP contribution is -2.48. The molecule has 0 fully saturated rings. The summed E-state index contributed by atoms with van der Waals surface area (Å²) in [5.74, 6) is -0.240. The highest BCUT2D eigenvalue weighted by molar-refractivity contribution is 6.31. The number of carbonyl (C=O) groups excluding carboxylic acids is 2. The molecule has 0 aliphatic carbocycles. The first-order chi connectivity index (χ1) is 13.3. The Morgan fingerprint density at radius 1 is 1.11 bits per heavy atom. The molecule has 0 aromatic heterocycles. The number of rotatable bonds is 8. The van der Waals surface area contributed by atoms with Crippen LogP contribution in [-0.2, 0) is 22.6 Å². The van der Waals surface area contributed by atoms with Crippen LogP contribution in [0.5, 0.6) is 0 Å². The van der Waals surface area contributed by atoms with Gasteiger partial charge in [0.25, 0.3) is 0 Å². The van der Waals surface area contributed by atoms with E-state index in [1.54, 1.807) is 17.9 Å². The zero-order valence-corrected chi connectivity index (χ0v) is 17.8. The third-order valence-electron chi connectivity index (χ3n) is 4.86. The maximum atomic E-state index is 13.2. The molecule has 0 heterocycles. The van der Waals surface area contributed by atoms with E-state index in [4.69, 9.17) is 11.6 Å². The number of nitrogens with zero attached hydrogens (tertiary/aromatic N) is 1. The fourth-order valence-corrected chi connectivity index (χ4v) is 3.24. The van der Waals surface area contributed by atoms with Gasteiger partial charge in [-0.3, -0.25) is 9.59 Å². The molecule has 150 valence electrons. The van der Waals surface area contributed by atoms with Gasteiger partial charge < -0.3 is 10.2 Å². The van der Waals surface area contributed by atoms with Gasteiger partial charge in [0, 0.05) is 18.1 Å². The van der Waals surface area contributed by atoms with E-state index in [2.05, 4.69) is 5.32 Å². The molecule has 5 heteroatoms. The van der Waals surface area contributed by atoms with Crippen molar-refractivity contribution in [2.45, 2.75) is 53.1 Å². The number of hydrogen-bond acceptors (Lipinski definition) is 2. The van der Waals surface area contributed by atoms with E-state index in [9.17, 15) is 9.59 Å². The lowest BCUT2D eigenvalue weighted by Gasteiger charge is -2.29. The Kier molecular flexibility index (Phi) is 8.06. The fourth-order valence-electron chi connectivity index (χ4n) is 3.04. The summed E-state index contributed by atoms with van der Waals surface area (Å²) in [5, 5.41) is 3.48. The van der Waals surface area contributed by atoms with Gasteiger partial charge in [0.05, 0.1) is 6.42 Å². The van der Waals surface area contributed by atoms with Crippen LogP contribution in [-0.4, -0.2) is 29.3 Å². The average molecular weight is 401 g/mol. The molecule has 0 aliphatic heterocycles. The predicted molar refractivity (Wildman–Crippen MR) is 114 cm³/mol. The zero-order valence-electron chi connectivity index (χ0n) is 17.1. The molecule has 1 atom stereocenters. The van der Waals surface area contributed by atoms with Gasteiger partial charge in [0.15, 0.2) is 0 Å². The number of aryl methyl sites for hydroxylation is 2. The van der Waals surface area contributed by atoms with Crippen LogP contribution in [0.25, 0.3) is 0 Å². The predicted octanol–water partition coefficient (Wildman–Crippen LogP) is 4.44. The highest BCUT2D eigenvalue weighted by Crippen LogP contribution is 2.20. The van der Waals surface area contributed by atoms with Crippen molar-refractivity contribution < 1.29 is 9.59 Å². The lowest BCUT2D eigenvalue weighted by atomic mass is 10.0. The summed E-state index contributed by atoms with van der Waals surface area (Å²) in [4.78, 5) is 27.4. The first kappa shape index (κ1) is 22.0. The van der Waals surface area contributed by atoms with Crippen LogP contribution in [0, 0.1) is 13.8 Å². The Balaban J connectivity index is 2.28. The molecule has 0 spiro atoms. The molecule has 0 aliphatic rings. The van der Waals surface area contributed by atoms with E-state index in [1.165, 1.54) is 0 Å². The van der Waals surface area contributed by atoms with Crippen molar-refractivity contribution in [1.82, 2.24) is 10.2 Å². The van der Waals surface area contributed by atoms with Crippen LogP contribution in [0.2, 0.25) is 5.02 Å². The molecule has 0 bridgehead atoms. The van der Waals surface area contributed by atoms with Crippen LogP contribution >= 0.6 is 11.6 Å². The number of benzene rings is 2. The van der Waals surface area contributed by atoms with Crippen molar-refractivity contribution in [3.8, 4) is 0 Å².